The Morgan fingerprint density at radius 1 is 0.839 bits per heavy atom. The summed E-state index contributed by atoms with van der Waals surface area (Å²) in [5.74, 6) is 0.637. The number of hydrogen-bond donors (Lipinski definition) is 0. The summed E-state index contributed by atoms with van der Waals surface area (Å²) in [6.07, 6.45) is 3.46. The SMILES string of the molecule is Cc1nnc(Sc2nnc(-c3cccnc3)n2-c2ccc(Cl)c(Cl)c2)c2ccccc12. The van der Waals surface area contributed by atoms with Crippen LogP contribution >= 0.6 is 35.0 Å². The molecule has 0 fully saturated rings. The molecule has 0 aliphatic heterocycles. The molecule has 0 atom stereocenters. The molecule has 0 bridgehead atoms. The highest BCUT2D eigenvalue weighted by Gasteiger charge is 2.19. The molecular weight excluding hydrogens is 451 g/mol. The van der Waals surface area contributed by atoms with E-state index in [4.69, 9.17) is 23.2 Å². The highest BCUT2D eigenvalue weighted by molar-refractivity contribution is 7.99. The summed E-state index contributed by atoms with van der Waals surface area (Å²) in [5, 5.41) is 22.0. The van der Waals surface area contributed by atoms with Gasteiger partial charge in [0.05, 0.1) is 21.4 Å². The van der Waals surface area contributed by atoms with Crippen molar-refractivity contribution in [3.63, 3.8) is 0 Å². The fraction of sp³-hybridized carbons (Fsp3) is 0.0455. The lowest BCUT2D eigenvalue weighted by molar-refractivity contribution is 0.872. The first-order valence-electron chi connectivity index (χ1n) is 9.33. The van der Waals surface area contributed by atoms with Gasteiger partial charge in [-0.15, -0.1) is 15.3 Å². The van der Waals surface area contributed by atoms with Crippen LogP contribution in [0.2, 0.25) is 10.0 Å². The second-order valence-electron chi connectivity index (χ2n) is 6.72. The van der Waals surface area contributed by atoms with E-state index in [9.17, 15) is 0 Å². The van der Waals surface area contributed by atoms with E-state index in [1.54, 1.807) is 24.5 Å². The number of rotatable bonds is 4. The molecule has 0 aliphatic carbocycles. The zero-order chi connectivity index (χ0) is 21.4. The predicted octanol–water partition coefficient (Wildman–Crippen LogP) is 6.04. The van der Waals surface area contributed by atoms with Crippen LogP contribution in [-0.4, -0.2) is 29.9 Å². The van der Waals surface area contributed by atoms with Crippen molar-refractivity contribution in [2.45, 2.75) is 17.1 Å². The Morgan fingerprint density at radius 2 is 1.68 bits per heavy atom. The summed E-state index contributed by atoms with van der Waals surface area (Å²) < 4.78 is 1.92. The number of benzene rings is 2. The van der Waals surface area contributed by atoms with E-state index in [-0.39, 0.29) is 0 Å². The molecule has 31 heavy (non-hydrogen) atoms. The first-order chi connectivity index (χ1) is 15.1. The Balaban J connectivity index is 1.69. The zero-order valence-corrected chi connectivity index (χ0v) is 18.5. The van der Waals surface area contributed by atoms with Gasteiger partial charge < -0.3 is 0 Å². The Kier molecular flexibility index (Phi) is 5.31. The second-order valence-corrected chi connectivity index (χ2v) is 8.49. The quantitative estimate of drug-likeness (QED) is 0.322. The molecule has 9 heteroatoms. The fourth-order valence-corrected chi connectivity index (χ4v) is 4.45. The van der Waals surface area contributed by atoms with E-state index in [0.717, 1.165) is 32.7 Å². The molecule has 3 heterocycles. The van der Waals surface area contributed by atoms with Gasteiger partial charge in [0, 0.05) is 28.7 Å². The van der Waals surface area contributed by atoms with Gasteiger partial charge in [0.1, 0.15) is 5.03 Å². The van der Waals surface area contributed by atoms with Crippen LogP contribution in [0.4, 0.5) is 0 Å². The molecule has 6 nitrogen and oxygen atoms in total. The van der Waals surface area contributed by atoms with Crippen molar-refractivity contribution in [1.29, 1.82) is 0 Å². The highest BCUT2D eigenvalue weighted by atomic mass is 35.5. The minimum Gasteiger partial charge on any atom is -0.270 e. The van der Waals surface area contributed by atoms with Gasteiger partial charge in [-0.05, 0) is 49.0 Å². The zero-order valence-electron chi connectivity index (χ0n) is 16.2. The van der Waals surface area contributed by atoms with Gasteiger partial charge in [0.2, 0.25) is 5.16 Å². The smallest absolute Gasteiger partial charge is 0.202 e. The Labute approximate surface area is 192 Å². The molecule has 0 unspecified atom stereocenters. The lowest BCUT2D eigenvalue weighted by Gasteiger charge is -2.12. The summed E-state index contributed by atoms with van der Waals surface area (Å²) in [4.78, 5) is 4.21. The Morgan fingerprint density at radius 3 is 2.45 bits per heavy atom. The van der Waals surface area contributed by atoms with E-state index in [2.05, 4.69) is 25.4 Å². The van der Waals surface area contributed by atoms with Crippen LogP contribution in [0.15, 0.2) is 77.2 Å². The molecule has 2 aromatic carbocycles. The molecule has 0 N–H and O–H groups in total. The first-order valence-corrected chi connectivity index (χ1v) is 10.9. The van der Waals surface area contributed by atoms with E-state index in [0.29, 0.717) is 21.0 Å². The average molecular weight is 465 g/mol. The molecule has 0 saturated carbocycles. The third-order valence-corrected chi connectivity index (χ3v) is 6.42. The van der Waals surface area contributed by atoms with E-state index in [1.165, 1.54) is 11.8 Å². The first kappa shape index (κ1) is 19.9. The molecule has 0 aliphatic rings. The van der Waals surface area contributed by atoms with Gasteiger partial charge in [0.25, 0.3) is 0 Å². The number of pyridine rings is 1. The number of halogens is 2. The Bertz CT molecular complexity index is 1400. The Hall–Kier alpha value is -3.00. The number of nitrogens with zero attached hydrogens (tertiary/aromatic N) is 6. The third-order valence-electron chi connectivity index (χ3n) is 4.74. The average Bonchev–Trinajstić information content (AvgIpc) is 3.22. The maximum Gasteiger partial charge on any atom is 0.202 e. The molecule has 5 aromatic rings. The van der Waals surface area contributed by atoms with E-state index >= 15 is 0 Å². The molecule has 0 radical (unpaired) electrons. The van der Waals surface area contributed by atoms with Gasteiger partial charge in [-0.2, -0.15) is 5.10 Å². The monoisotopic (exact) mass is 464 g/mol. The van der Waals surface area contributed by atoms with Crippen molar-refractivity contribution in [2.75, 3.05) is 0 Å². The molecule has 5 rings (SSSR count). The second kappa shape index (κ2) is 8.26. The van der Waals surface area contributed by atoms with Crippen molar-refractivity contribution >= 4 is 45.7 Å². The fourth-order valence-electron chi connectivity index (χ4n) is 3.25. The van der Waals surface area contributed by atoms with Crippen LogP contribution in [0.1, 0.15) is 5.69 Å². The van der Waals surface area contributed by atoms with E-state index in [1.807, 2.05) is 54.0 Å². The minimum atomic E-state index is 0.446. The van der Waals surface area contributed by atoms with Gasteiger partial charge in [-0.3, -0.25) is 9.55 Å². The van der Waals surface area contributed by atoms with Crippen molar-refractivity contribution < 1.29 is 0 Å². The lowest BCUT2D eigenvalue weighted by atomic mass is 10.1. The topological polar surface area (TPSA) is 69.4 Å². The molecule has 0 saturated heterocycles. The molecule has 152 valence electrons. The maximum absolute atomic E-state index is 6.31. The van der Waals surface area contributed by atoms with Gasteiger partial charge >= 0.3 is 0 Å². The normalized spacial score (nSPS) is 11.2. The summed E-state index contributed by atoms with van der Waals surface area (Å²) in [5.41, 5.74) is 2.49. The van der Waals surface area contributed by atoms with Crippen LogP contribution < -0.4 is 0 Å². The minimum absolute atomic E-state index is 0.446. The van der Waals surface area contributed by atoms with Crippen LogP contribution in [0.5, 0.6) is 0 Å². The van der Waals surface area contributed by atoms with Crippen molar-refractivity contribution in [1.82, 2.24) is 29.9 Å². The van der Waals surface area contributed by atoms with Gasteiger partial charge in [-0.25, -0.2) is 0 Å². The molecule has 0 spiro atoms. The van der Waals surface area contributed by atoms with Crippen molar-refractivity contribution in [3.8, 4) is 17.1 Å². The van der Waals surface area contributed by atoms with Crippen LogP contribution in [0.25, 0.3) is 27.8 Å². The van der Waals surface area contributed by atoms with Crippen molar-refractivity contribution in [2.24, 2.45) is 0 Å². The summed E-state index contributed by atoms with van der Waals surface area (Å²) in [6, 6.07) is 17.2. The number of fused-ring (bicyclic) bond motifs is 1. The molecular formula is C22H14Cl2N6S. The molecule has 0 amide bonds. The standard InChI is InChI=1S/C22H14Cl2N6S/c1-13-16-6-2-3-7-17(16)21(28-26-13)31-22-29-27-20(14-5-4-10-25-12-14)30(22)15-8-9-18(23)19(24)11-15/h2-12H,1H3. The number of aromatic nitrogens is 6. The summed E-state index contributed by atoms with van der Waals surface area (Å²) >= 11 is 13.8. The highest BCUT2D eigenvalue weighted by Crippen LogP contribution is 2.36. The van der Waals surface area contributed by atoms with E-state index < -0.39 is 0 Å². The van der Waals surface area contributed by atoms with Crippen LogP contribution in [-0.2, 0) is 0 Å². The van der Waals surface area contributed by atoms with Crippen molar-refractivity contribution in [3.05, 3.63) is 82.7 Å². The third kappa shape index (κ3) is 3.76. The summed E-state index contributed by atoms with van der Waals surface area (Å²) in [7, 11) is 0. The van der Waals surface area contributed by atoms with Crippen LogP contribution in [0, 0.1) is 6.92 Å². The maximum atomic E-state index is 6.31. The van der Waals surface area contributed by atoms with Gasteiger partial charge in [-0.1, -0.05) is 47.5 Å². The predicted molar refractivity (Wildman–Crippen MR) is 123 cm³/mol. The lowest BCUT2D eigenvalue weighted by Crippen LogP contribution is -2.01. The van der Waals surface area contributed by atoms with Gasteiger partial charge in [0.15, 0.2) is 5.82 Å². The molecule has 3 aromatic heterocycles. The largest absolute Gasteiger partial charge is 0.270 e. The number of hydrogen-bond acceptors (Lipinski definition) is 6. The summed E-state index contributed by atoms with van der Waals surface area (Å²) in [6.45, 7) is 1.95. The van der Waals surface area contributed by atoms with Crippen LogP contribution in [0.3, 0.4) is 0 Å². The number of aryl methyl sites for hydroxylation is 1.